The molecule has 0 amide bonds. The lowest BCUT2D eigenvalue weighted by Gasteiger charge is -2.19. The van der Waals surface area contributed by atoms with Crippen molar-refractivity contribution in [3.8, 4) is 0 Å². The van der Waals surface area contributed by atoms with Gasteiger partial charge >= 0.3 is 0 Å². The second kappa shape index (κ2) is 9.55. The zero-order valence-corrected chi connectivity index (χ0v) is 15.7. The normalized spacial score (nSPS) is 21.6. The van der Waals surface area contributed by atoms with Gasteiger partial charge < -0.3 is 14.2 Å². The van der Waals surface area contributed by atoms with Crippen LogP contribution in [0.15, 0.2) is 79.1 Å². The van der Waals surface area contributed by atoms with Crippen LogP contribution in [0.25, 0.3) is 0 Å². The Morgan fingerprint density at radius 1 is 0.821 bits per heavy atom. The van der Waals surface area contributed by atoms with Gasteiger partial charge in [0.2, 0.25) is 0 Å². The zero-order valence-electron chi connectivity index (χ0n) is 15.7. The third kappa shape index (κ3) is 5.01. The summed E-state index contributed by atoms with van der Waals surface area (Å²) in [6.07, 6.45) is 3.81. The minimum absolute atomic E-state index is 0.0650. The molecule has 1 aromatic heterocycles. The van der Waals surface area contributed by atoms with Gasteiger partial charge in [0.15, 0.2) is 5.82 Å². The number of benzene rings is 2. The maximum absolute atomic E-state index is 6.21. The van der Waals surface area contributed by atoms with Gasteiger partial charge in [0.25, 0.3) is 0 Å². The summed E-state index contributed by atoms with van der Waals surface area (Å²) in [5, 5.41) is 0. The fourth-order valence-electron chi connectivity index (χ4n) is 3.33. The molecular weight excluding hydrogens is 352 g/mol. The van der Waals surface area contributed by atoms with Gasteiger partial charge in [-0.3, -0.25) is 0 Å². The van der Waals surface area contributed by atoms with Crippen LogP contribution in [0.1, 0.15) is 29.5 Å². The fourth-order valence-corrected chi connectivity index (χ4v) is 3.33. The summed E-state index contributed by atoms with van der Waals surface area (Å²) in [5.41, 5.74) is 2.29. The predicted molar refractivity (Wildman–Crippen MR) is 105 cm³/mol. The maximum Gasteiger partial charge on any atom is 0.157 e. The molecule has 1 aliphatic rings. The quantitative estimate of drug-likeness (QED) is 0.592. The van der Waals surface area contributed by atoms with Gasteiger partial charge in [-0.05, 0) is 17.2 Å². The Morgan fingerprint density at radius 3 is 2.14 bits per heavy atom. The molecule has 2 heterocycles. The highest BCUT2D eigenvalue weighted by Crippen LogP contribution is 2.33. The van der Waals surface area contributed by atoms with E-state index in [0.29, 0.717) is 25.6 Å². The molecule has 144 valence electrons. The Hall–Kier alpha value is -2.60. The topological polar surface area (TPSA) is 53.5 Å². The van der Waals surface area contributed by atoms with Crippen LogP contribution in [-0.2, 0) is 27.4 Å². The van der Waals surface area contributed by atoms with Crippen LogP contribution < -0.4 is 0 Å². The van der Waals surface area contributed by atoms with E-state index >= 15 is 0 Å². The third-order valence-electron chi connectivity index (χ3n) is 4.77. The lowest BCUT2D eigenvalue weighted by Crippen LogP contribution is -2.29. The highest BCUT2D eigenvalue weighted by Gasteiger charge is 2.38. The summed E-state index contributed by atoms with van der Waals surface area (Å²) >= 11 is 0. The molecule has 4 rings (SSSR count). The summed E-state index contributed by atoms with van der Waals surface area (Å²) in [5.74, 6) is 0.696. The van der Waals surface area contributed by atoms with Crippen LogP contribution in [0.3, 0.4) is 0 Å². The van der Waals surface area contributed by atoms with E-state index in [2.05, 4.69) is 34.2 Å². The van der Waals surface area contributed by atoms with E-state index in [9.17, 15) is 0 Å². The molecule has 3 aromatic rings. The Kier molecular flexibility index (Phi) is 6.40. The molecule has 0 N–H and O–H groups in total. The van der Waals surface area contributed by atoms with Crippen molar-refractivity contribution >= 4 is 0 Å². The van der Waals surface area contributed by atoms with Crippen LogP contribution in [-0.4, -0.2) is 28.8 Å². The van der Waals surface area contributed by atoms with E-state index < -0.39 is 0 Å². The first-order chi connectivity index (χ1) is 13.9. The summed E-state index contributed by atoms with van der Waals surface area (Å²) in [6, 6.07) is 22.1. The van der Waals surface area contributed by atoms with Gasteiger partial charge in [-0.1, -0.05) is 60.7 Å². The smallest absolute Gasteiger partial charge is 0.157 e. The molecule has 0 saturated carbocycles. The van der Waals surface area contributed by atoms with E-state index in [1.165, 1.54) is 0 Å². The molecular formula is C23H24N2O3. The number of ether oxygens (including phenoxy) is 3. The van der Waals surface area contributed by atoms with Gasteiger partial charge in [0.05, 0.1) is 25.9 Å². The Morgan fingerprint density at radius 2 is 1.46 bits per heavy atom. The van der Waals surface area contributed by atoms with Gasteiger partial charge in [0, 0.05) is 18.8 Å². The van der Waals surface area contributed by atoms with E-state index in [1.807, 2.05) is 42.5 Å². The SMILES string of the molecule is c1ccc(COC[C@H]2O[C@H](c3ncccn3)C[C@@H]2OCc2ccccc2)cc1. The van der Waals surface area contributed by atoms with Crippen molar-refractivity contribution in [2.45, 2.75) is 37.9 Å². The minimum atomic E-state index is -0.174. The number of hydrogen-bond acceptors (Lipinski definition) is 5. The lowest BCUT2D eigenvalue weighted by molar-refractivity contribution is -0.0725. The van der Waals surface area contributed by atoms with E-state index in [0.717, 1.165) is 17.5 Å². The summed E-state index contributed by atoms with van der Waals surface area (Å²) in [4.78, 5) is 8.69. The number of hydrogen-bond donors (Lipinski definition) is 0. The second-order valence-electron chi connectivity index (χ2n) is 6.84. The van der Waals surface area contributed by atoms with Gasteiger partial charge in [0.1, 0.15) is 12.2 Å². The van der Waals surface area contributed by atoms with E-state index in [4.69, 9.17) is 14.2 Å². The second-order valence-corrected chi connectivity index (χ2v) is 6.84. The molecule has 28 heavy (non-hydrogen) atoms. The molecule has 3 atom stereocenters. The largest absolute Gasteiger partial charge is 0.374 e. The molecule has 0 spiro atoms. The Balaban J connectivity index is 1.38. The molecule has 0 unspecified atom stereocenters. The van der Waals surface area contributed by atoms with Gasteiger partial charge in [-0.15, -0.1) is 0 Å². The fraction of sp³-hybridized carbons (Fsp3) is 0.304. The van der Waals surface area contributed by atoms with Crippen molar-refractivity contribution in [2.24, 2.45) is 0 Å². The monoisotopic (exact) mass is 376 g/mol. The first-order valence-electron chi connectivity index (χ1n) is 9.58. The predicted octanol–water partition coefficient (Wildman–Crippen LogP) is 4.11. The van der Waals surface area contributed by atoms with Crippen molar-refractivity contribution in [3.63, 3.8) is 0 Å². The molecule has 2 aromatic carbocycles. The zero-order chi connectivity index (χ0) is 19.0. The van der Waals surface area contributed by atoms with Crippen LogP contribution in [0.4, 0.5) is 0 Å². The molecule has 5 nitrogen and oxygen atoms in total. The molecule has 0 aliphatic carbocycles. The summed E-state index contributed by atoms with van der Waals surface area (Å²) in [7, 11) is 0. The van der Waals surface area contributed by atoms with Crippen LogP contribution in [0.2, 0.25) is 0 Å². The highest BCUT2D eigenvalue weighted by atomic mass is 16.6. The average molecular weight is 376 g/mol. The highest BCUT2D eigenvalue weighted by molar-refractivity contribution is 5.14. The Labute approximate surface area is 165 Å². The third-order valence-corrected chi connectivity index (χ3v) is 4.77. The van der Waals surface area contributed by atoms with Crippen molar-refractivity contribution in [2.75, 3.05) is 6.61 Å². The summed E-state index contributed by atoms with van der Waals surface area (Å²) in [6.45, 7) is 1.57. The van der Waals surface area contributed by atoms with Crippen molar-refractivity contribution in [1.82, 2.24) is 9.97 Å². The van der Waals surface area contributed by atoms with Crippen LogP contribution in [0, 0.1) is 0 Å². The number of nitrogens with zero attached hydrogens (tertiary/aromatic N) is 2. The Bertz CT molecular complexity index is 830. The first-order valence-corrected chi connectivity index (χ1v) is 9.58. The number of rotatable bonds is 8. The van der Waals surface area contributed by atoms with Crippen molar-refractivity contribution in [3.05, 3.63) is 96.1 Å². The van der Waals surface area contributed by atoms with Crippen LogP contribution >= 0.6 is 0 Å². The van der Waals surface area contributed by atoms with Crippen LogP contribution in [0.5, 0.6) is 0 Å². The average Bonchev–Trinajstić information content (AvgIpc) is 3.17. The molecule has 0 bridgehead atoms. The summed E-state index contributed by atoms with van der Waals surface area (Å²) < 4.78 is 18.3. The maximum atomic E-state index is 6.21. The first kappa shape index (κ1) is 18.7. The number of aromatic nitrogens is 2. The molecule has 5 heteroatoms. The molecule has 1 saturated heterocycles. The van der Waals surface area contributed by atoms with Crippen molar-refractivity contribution < 1.29 is 14.2 Å². The molecule has 0 radical (unpaired) electrons. The van der Waals surface area contributed by atoms with E-state index in [1.54, 1.807) is 12.4 Å². The lowest BCUT2D eigenvalue weighted by atomic mass is 10.1. The minimum Gasteiger partial charge on any atom is -0.374 e. The van der Waals surface area contributed by atoms with Crippen molar-refractivity contribution in [1.29, 1.82) is 0 Å². The van der Waals surface area contributed by atoms with Gasteiger partial charge in [-0.25, -0.2) is 9.97 Å². The molecule has 1 aliphatic heterocycles. The van der Waals surface area contributed by atoms with E-state index in [-0.39, 0.29) is 18.3 Å². The standard InChI is InChI=1S/C23H24N2O3/c1-3-8-18(9-4-1)15-26-17-22-20(27-16-19-10-5-2-6-11-19)14-21(28-22)23-24-12-7-13-25-23/h1-13,20-22H,14-17H2/t20-,21-,22+/m0/s1. The van der Waals surface area contributed by atoms with Gasteiger partial charge in [-0.2, -0.15) is 0 Å². The molecule has 1 fully saturated rings.